The summed E-state index contributed by atoms with van der Waals surface area (Å²) >= 11 is 0. The first kappa shape index (κ1) is 14.9. The van der Waals surface area contributed by atoms with Crippen molar-refractivity contribution >= 4 is 17.1 Å². The zero-order valence-corrected chi connectivity index (χ0v) is 12.9. The van der Waals surface area contributed by atoms with Gasteiger partial charge < -0.3 is 19.5 Å². The summed E-state index contributed by atoms with van der Waals surface area (Å²) < 4.78 is 5.71. The third kappa shape index (κ3) is 2.35. The molecule has 118 valence electrons. The molecule has 1 fully saturated rings. The number of nitrogens with zero attached hydrogens (tertiary/aromatic N) is 1. The van der Waals surface area contributed by atoms with Gasteiger partial charge in [-0.25, -0.2) is 4.79 Å². The van der Waals surface area contributed by atoms with Crippen molar-refractivity contribution in [2.24, 2.45) is 0 Å². The van der Waals surface area contributed by atoms with Crippen LogP contribution in [0.3, 0.4) is 0 Å². The largest absolute Gasteiger partial charge is 0.465 e. The molecule has 1 aromatic heterocycles. The summed E-state index contributed by atoms with van der Waals surface area (Å²) in [5.74, 6) is 0.827. The fraction of sp³-hybridized carbons (Fsp3) is 0.471. The number of aryl methyl sites for hydroxylation is 2. The Morgan fingerprint density at radius 1 is 1.36 bits per heavy atom. The third-order valence-electron chi connectivity index (χ3n) is 4.70. The molecular weight excluding hydrogens is 282 g/mol. The van der Waals surface area contributed by atoms with Crippen LogP contribution in [0.4, 0.5) is 4.79 Å². The molecule has 1 saturated heterocycles. The molecule has 1 amide bonds. The summed E-state index contributed by atoms with van der Waals surface area (Å²) in [6.07, 6.45) is 0.667. The van der Waals surface area contributed by atoms with E-state index in [0.29, 0.717) is 13.0 Å². The number of aliphatic hydroxyl groups excluding tert-OH is 1. The number of furan rings is 1. The van der Waals surface area contributed by atoms with Crippen molar-refractivity contribution in [1.29, 1.82) is 0 Å². The predicted molar refractivity (Wildman–Crippen MR) is 83.0 cm³/mol. The molecule has 5 heteroatoms. The molecule has 2 atom stereocenters. The lowest BCUT2D eigenvalue weighted by Gasteiger charge is -2.36. The molecule has 1 aliphatic heterocycles. The van der Waals surface area contributed by atoms with Gasteiger partial charge in [0, 0.05) is 11.9 Å². The maximum absolute atomic E-state index is 11.4. The van der Waals surface area contributed by atoms with Gasteiger partial charge in [0.15, 0.2) is 0 Å². The van der Waals surface area contributed by atoms with Crippen LogP contribution in [-0.2, 0) is 0 Å². The molecular formula is C17H21NO4. The lowest BCUT2D eigenvalue weighted by Crippen LogP contribution is -2.46. The van der Waals surface area contributed by atoms with Gasteiger partial charge in [0.2, 0.25) is 0 Å². The quantitative estimate of drug-likeness (QED) is 0.888. The van der Waals surface area contributed by atoms with Gasteiger partial charge in [-0.2, -0.15) is 0 Å². The predicted octanol–water partition coefficient (Wildman–Crippen LogP) is 3.62. The van der Waals surface area contributed by atoms with E-state index in [4.69, 9.17) is 4.42 Å². The molecule has 3 rings (SSSR count). The van der Waals surface area contributed by atoms with E-state index in [9.17, 15) is 15.0 Å². The average Bonchev–Trinajstić information content (AvgIpc) is 2.81. The SMILES string of the molecule is Cc1oc2cccc(C(O)C3CCCCN3C(=O)O)c2c1C. The Morgan fingerprint density at radius 3 is 2.86 bits per heavy atom. The van der Waals surface area contributed by atoms with Gasteiger partial charge in [-0.15, -0.1) is 0 Å². The molecule has 0 aliphatic carbocycles. The Bertz CT molecular complexity index is 706. The van der Waals surface area contributed by atoms with Crippen molar-refractivity contribution in [3.8, 4) is 0 Å². The van der Waals surface area contributed by atoms with Gasteiger partial charge in [0.1, 0.15) is 17.4 Å². The van der Waals surface area contributed by atoms with Crippen molar-refractivity contribution in [2.45, 2.75) is 45.3 Å². The zero-order valence-electron chi connectivity index (χ0n) is 12.9. The molecule has 2 aromatic rings. The number of piperidine rings is 1. The first-order valence-corrected chi connectivity index (χ1v) is 7.67. The van der Waals surface area contributed by atoms with E-state index in [0.717, 1.165) is 40.7 Å². The minimum Gasteiger partial charge on any atom is -0.465 e. The van der Waals surface area contributed by atoms with Crippen molar-refractivity contribution in [3.05, 3.63) is 35.1 Å². The zero-order chi connectivity index (χ0) is 15.9. The second kappa shape index (κ2) is 5.65. The van der Waals surface area contributed by atoms with E-state index < -0.39 is 18.2 Å². The second-order valence-corrected chi connectivity index (χ2v) is 5.99. The van der Waals surface area contributed by atoms with Crippen LogP contribution in [0.1, 0.15) is 42.3 Å². The highest BCUT2D eigenvalue weighted by Gasteiger charge is 2.34. The van der Waals surface area contributed by atoms with Crippen LogP contribution >= 0.6 is 0 Å². The van der Waals surface area contributed by atoms with Gasteiger partial charge in [0.05, 0.1) is 6.04 Å². The van der Waals surface area contributed by atoms with Crippen molar-refractivity contribution in [1.82, 2.24) is 4.90 Å². The van der Waals surface area contributed by atoms with E-state index in [2.05, 4.69) is 0 Å². The molecule has 2 N–H and O–H groups in total. The first-order chi connectivity index (χ1) is 10.5. The van der Waals surface area contributed by atoms with Gasteiger partial charge in [0.25, 0.3) is 0 Å². The van der Waals surface area contributed by atoms with Gasteiger partial charge >= 0.3 is 6.09 Å². The molecule has 0 radical (unpaired) electrons. The molecule has 2 unspecified atom stereocenters. The normalized spacial score (nSPS) is 20.3. The number of carbonyl (C=O) groups is 1. The standard InChI is InChI=1S/C17H21NO4/c1-10-11(2)22-14-8-5-6-12(15(10)14)16(19)13-7-3-4-9-18(13)17(20)21/h5-6,8,13,16,19H,3-4,7,9H2,1-2H3,(H,20,21). The molecule has 0 spiro atoms. The second-order valence-electron chi connectivity index (χ2n) is 5.99. The molecule has 1 aliphatic rings. The van der Waals surface area contributed by atoms with Gasteiger partial charge in [-0.3, -0.25) is 0 Å². The topological polar surface area (TPSA) is 73.9 Å². The maximum atomic E-state index is 11.4. The Hall–Kier alpha value is -2.01. The minimum atomic E-state index is -0.962. The molecule has 5 nitrogen and oxygen atoms in total. The summed E-state index contributed by atoms with van der Waals surface area (Å²) in [5.41, 5.74) is 2.50. The van der Waals surface area contributed by atoms with E-state index >= 15 is 0 Å². The molecule has 0 saturated carbocycles. The lowest BCUT2D eigenvalue weighted by molar-refractivity contribution is 0.0292. The monoisotopic (exact) mass is 303 g/mol. The Kier molecular flexibility index (Phi) is 3.83. The molecule has 0 bridgehead atoms. The summed E-state index contributed by atoms with van der Waals surface area (Å²) in [4.78, 5) is 12.8. The minimum absolute atomic E-state index is 0.397. The Morgan fingerprint density at radius 2 is 2.14 bits per heavy atom. The number of benzene rings is 1. The van der Waals surface area contributed by atoms with Crippen LogP contribution in [0.2, 0.25) is 0 Å². The molecule has 22 heavy (non-hydrogen) atoms. The van der Waals surface area contributed by atoms with Crippen molar-refractivity contribution < 1.29 is 19.4 Å². The van der Waals surface area contributed by atoms with Crippen molar-refractivity contribution in [3.63, 3.8) is 0 Å². The first-order valence-electron chi connectivity index (χ1n) is 7.67. The van der Waals surface area contributed by atoms with Crippen LogP contribution in [-0.4, -0.2) is 33.8 Å². The smallest absolute Gasteiger partial charge is 0.407 e. The van der Waals surface area contributed by atoms with Crippen LogP contribution in [0.15, 0.2) is 22.6 Å². The highest BCUT2D eigenvalue weighted by molar-refractivity contribution is 5.86. The van der Waals surface area contributed by atoms with E-state index in [1.807, 2.05) is 32.0 Å². The van der Waals surface area contributed by atoms with Gasteiger partial charge in [-0.1, -0.05) is 12.1 Å². The van der Waals surface area contributed by atoms with E-state index in [1.54, 1.807) is 0 Å². The van der Waals surface area contributed by atoms with Crippen LogP contribution < -0.4 is 0 Å². The number of fused-ring (bicyclic) bond motifs is 1. The highest BCUT2D eigenvalue weighted by Crippen LogP contribution is 2.36. The summed E-state index contributed by atoms with van der Waals surface area (Å²) in [7, 11) is 0. The maximum Gasteiger partial charge on any atom is 0.407 e. The summed E-state index contributed by atoms with van der Waals surface area (Å²) in [6.45, 7) is 4.35. The number of aliphatic hydroxyl groups is 1. The highest BCUT2D eigenvalue weighted by atomic mass is 16.4. The number of hydrogen-bond donors (Lipinski definition) is 2. The summed E-state index contributed by atoms with van der Waals surface area (Å²) in [5, 5.41) is 21.1. The lowest BCUT2D eigenvalue weighted by atomic mass is 9.91. The number of hydrogen-bond acceptors (Lipinski definition) is 3. The third-order valence-corrected chi connectivity index (χ3v) is 4.70. The van der Waals surface area contributed by atoms with Gasteiger partial charge in [-0.05, 0) is 50.3 Å². The Balaban J connectivity index is 2.04. The number of rotatable bonds is 2. The fourth-order valence-electron chi connectivity index (χ4n) is 3.43. The molecule has 1 aromatic carbocycles. The molecule has 2 heterocycles. The van der Waals surface area contributed by atoms with Crippen molar-refractivity contribution in [2.75, 3.05) is 6.54 Å². The van der Waals surface area contributed by atoms with Crippen LogP contribution in [0.25, 0.3) is 11.0 Å². The van der Waals surface area contributed by atoms with E-state index in [1.165, 1.54) is 4.90 Å². The summed E-state index contributed by atoms with van der Waals surface area (Å²) in [6, 6.07) is 5.19. The van der Waals surface area contributed by atoms with Crippen LogP contribution in [0.5, 0.6) is 0 Å². The average molecular weight is 303 g/mol. The number of carboxylic acid groups (broad SMARTS) is 1. The Labute approximate surface area is 129 Å². The fourth-order valence-corrected chi connectivity index (χ4v) is 3.43. The number of amides is 1. The van der Waals surface area contributed by atoms with Crippen LogP contribution in [0, 0.1) is 13.8 Å². The van der Waals surface area contributed by atoms with E-state index in [-0.39, 0.29) is 0 Å². The number of likely N-dealkylation sites (tertiary alicyclic amines) is 1.